The fourth-order valence-electron chi connectivity index (χ4n) is 0.446. The average Bonchev–Trinajstić information content (AvgIpc) is 1.67. The molecule has 0 radical (unpaired) electrons. The Balaban J connectivity index is 3.55. The van der Waals surface area contributed by atoms with Gasteiger partial charge in [-0.05, 0) is 0 Å². The number of thiol groups is 1. The molecule has 1 N–H and O–H groups in total. The van der Waals surface area contributed by atoms with Crippen molar-refractivity contribution in [1.82, 2.24) is 4.72 Å². The number of hydrogen-bond acceptors (Lipinski definition) is 1. The normalized spacial score (nSPS) is 13.9. The van der Waals surface area contributed by atoms with Crippen molar-refractivity contribution < 1.29 is 4.21 Å². The molecule has 0 heterocycles. The van der Waals surface area contributed by atoms with Crippen LogP contribution in [0.25, 0.3) is 0 Å². The van der Waals surface area contributed by atoms with Gasteiger partial charge in [0.05, 0.1) is 0 Å². The minimum atomic E-state index is -1.92. The smallest absolute Gasteiger partial charge is 0.00968 e. The Hall–Kier alpha value is 0.110. The quantitative estimate of drug-likeness (QED) is 0.534. The molecular weight excluding hydrogens is 122 g/mol. The first-order valence-corrected chi connectivity index (χ1v) is 5.28. The third-order valence-electron chi connectivity index (χ3n) is 1.10. The zero-order chi connectivity index (χ0) is 6.62. The molecule has 2 nitrogen and oxygen atoms in total. The van der Waals surface area contributed by atoms with Gasteiger partial charge in [0.25, 0.3) is 0 Å². The molecule has 8 heavy (non-hydrogen) atoms. The maximum absolute atomic E-state index is 11.1. The van der Waals surface area contributed by atoms with Crippen molar-refractivity contribution >= 4 is 10.1 Å². The fourth-order valence-corrected chi connectivity index (χ4v) is 1.34. The Bertz CT molecular complexity index is 103. The molecule has 0 aromatic rings. The van der Waals surface area contributed by atoms with Gasteiger partial charge in [0.1, 0.15) is 0 Å². The first-order valence-electron chi connectivity index (χ1n) is 2.94. The molecular formula is C5H15NOS. The van der Waals surface area contributed by atoms with Crippen LogP contribution >= 0.6 is 0 Å². The lowest BCUT2D eigenvalue weighted by atomic mass is 10.8. The summed E-state index contributed by atoms with van der Waals surface area (Å²) in [5, 5.41) is 0. The topological polar surface area (TPSA) is 29.1 Å². The Morgan fingerprint density at radius 2 is 2.00 bits per heavy atom. The Morgan fingerprint density at radius 1 is 1.50 bits per heavy atom. The van der Waals surface area contributed by atoms with Crippen molar-refractivity contribution in [3.63, 3.8) is 0 Å². The van der Waals surface area contributed by atoms with Crippen molar-refractivity contribution in [1.29, 1.82) is 0 Å². The first kappa shape index (κ1) is 8.11. The monoisotopic (exact) mass is 137 g/mol. The van der Waals surface area contributed by atoms with E-state index in [2.05, 4.69) is 4.72 Å². The lowest BCUT2D eigenvalue weighted by Crippen LogP contribution is -2.31. The van der Waals surface area contributed by atoms with Gasteiger partial charge in [0.2, 0.25) is 0 Å². The van der Waals surface area contributed by atoms with Gasteiger partial charge in [-0.3, -0.25) is 8.93 Å². The number of rotatable bonds is 3. The summed E-state index contributed by atoms with van der Waals surface area (Å²) in [6, 6.07) is 0. The maximum atomic E-state index is 11.1. The minimum absolute atomic E-state index is 0.751. The molecule has 0 aromatic heterocycles. The summed E-state index contributed by atoms with van der Waals surface area (Å²) in [5.41, 5.74) is 0. The molecule has 0 bridgehead atoms. The molecule has 0 unspecified atom stereocenters. The highest BCUT2D eigenvalue weighted by Crippen LogP contribution is 1.89. The van der Waals surface area contributed by atoms with Crippen LogP contribution in [0.2, 0.25) is 0 Å². The summed E-state index contributed by atoms with van der Waals surface area (Å²) in [4.78, 5) is 0. The third-order valence-corrected chi connectivity index (χ3v) is 3.29. The summed E-state index contributed by atoms with van der Waals surface area (Å²) in [7, 11) is -1.92. The van der Waals surface area contributed by atoms with Crippen LogP contribution in [0.1, 0.15) is 13.8 Å². The molecule has 0 spiro atoms. The lowest BCUT2D eigenvalue weighted by molar-refractivity contribution is 0.665. The standard InChI is InChI=1S/C5H15NOS/c1-4-6-8(3,7)5-2/h8H,4-5H2,1-3H3,(H,6,7). The van der Waals surface area contributed by atoms with Gasteiger partial charge in [0, 0.05) is 18.6 Å². The molecule has 0 saturated heterocycles. The van der Waals surface area contributed by atoms with E-state index in [-0.39, 0.29) is 0 Å². The van der Waals surface area contributed by atoms with Gasteiger partial charge >= 0.3 is 0 Å². The highest BCUT2D eigenvalue weighted by molar-refractivity contribution is 8.00. The van der Waals surface area contributed by atoms with Gasteiger partial charge < -0.3 is 0 Å². The molecule has 0 fully saturated rings. The van der Waals surface area contributed by atoms with Crippen LogP contribution in [-0.2, 0) is 10.1 Å². The zero-order valence-electron chi connectivity index (χ0n) is 5.77. The SMILES string of the molecule is CCN[SH](C)(=O)CC. The van der Waals surface area contributed by atoms with Crippen LogP contribution in [0.3, 0.4) is 0 Å². The minimum Gasteiger partial charge on any atom is -0.272 e. The van der Waals surface area contributed by atoms with Gasteiger partial charge in [-0.2, -0.15) is 0 Å². The van der Waals surface area contributed by atoms with Crippen LogP contribution in [0.4, 0.5) is 0 Å². The molecule has 0 rings (SSSR count). The highest BCUT2D eigenvalue weighted by Gasteiger charge is 1.98. The second-order valence-corrected chi connectivity index (χ2v) is 5.08. The van der Waals surface area contributed by atoms with E-state index in [9.17, 15) is 4.21 Å². The highest BCUT2D eigenvalue weighted by atomic mass is 32.3. The van der Waals surface area contributed by atoms with Gasteiger partial charge in [-0.25, -0.2) is 0 Å². The lowest BCUT2D eigenvalue weighted by Gasteiger charge is -2.15. The molecule has 0 aromatic carbocycles. The summed E-state index contributed by atoms with van der Waals surface area (Å²) < 4.78 is 14.0. The van der Waals surface area contributed by atoms with E-state index in [4.69, 9.17) is 0 Å². The van der Waals surface area contributed by atoms with Crippen LogP contribution < -0.4 is 4.72 Å². The summed E-state index contributed by atoms with van der Waals surface area (Å²) in [6.45, 7) is 4.71. The number of nitrogens with one attached hydrogen (secondary N) is 1. The Kier molecular flexibility index (Phi) is 3.24. The van der Waals surface area contributed by atoms with Crippen molar-refractivity contribution in [3.05, 3.63) is 0 Å². The average molecular weight is 137 g/mol. The molecule has 52 valence electrons. The molecule has 0 aliphatic rings. The second-order valence-electron chi connectivity index (χ2n) is 1.93. The predicted octanol–water partition coefficient (Wildman–Crippen LogP) is 0.177. The second kappa shape index (κ2) is 3.20. The van der Waals surface area contributed by atoms with Gasteiger partial charge in [-0.15, -0.1) is 0 Å². The largest absolute Gasteiger partial charge is 0.272 e. The van der Waals surface area contributed by atoms with E-state index in [1.54, 1.807) is 6.26 Å². The Morgan fingerprint density at radius 3 is 2.12 bits per heavy atom. The third kappa shape index (κ3) is 3.16. The van der Waals surface area contributed by atoms with Crippen molar-refractivity contribution in [2.75, 3.05) is 18.6 Å². The zero-order valence-corrected chi connectivity index (χ0v) is 6.66. The molecule has 0 saturated carbocycles. The van der Waals surface area contributed by atoms with Crippen LogP contribution in [0.5, 0.6) is 0 Å². The van der Waals surface area contributed by atoms with Crippen molar-refractivity contribution in [2.24, 2.45) is 0 Å². The molecule has 0 aliphatic heterocycles. The van der Waals surface area contributed by atoms with Crippen molar-refractivity contribution in [2.45, 2.75) is 13.8 Å². The van der Waals surface area contributed by atoms with E-state index in [0.717, 1.165) is 12.3 Å². The van der Waals surface area contributed by atoms with Gasteiger partial charge in [0.15, 0.2) is 0 Å². The van der Waals surface area contributed by atoms with Gasteiger partial charge in [-0.1, -0.05) is 24.0 Å². The first-order chi connectivity index (χ1) is 3.62. The van der Waals surface area contributed by atoms with E-state index >= 15 is 0 Å². The predicted molar refractivity (Wildman–Crippen MR) is 39.7 cm³/mol. The fraction of sp³-hybridized carbons (Fsp3) is 1.00. The maximum Gasteiger partial charge on any atom is 0.00968 e. The summed E-state index contributed by atoms with van der Waals surface area (Å²) in [5.74, 6) is 0.751. The Labute approximate surface area is 52.2 Å². The van der Waals surface area contributed by atoms with Crippen molar-refractivity contribution in [3.8, 4) is 0 Å². The van der Waals surface area contributed by atoms with E-state index in [1.165, 1.54) is 0 Å². The molecule has 0 aliphatic carbocycles. The summed E-state index contributed by atoms with van der Waals surface area (Å²) >= 11 is 0. The van der Waals surface area contributed by atoms with E-state index < -0.39 is 10.1 Å². The van der Waals surface area contributed by atoms with Crippen LogP contribution in [0, 0.1) is 0 Å². The molecule has 3 heteroatoms. The molecule has 0 atom stereocenters. The van der Waals surface area contributed by atoms with E-state index in [1.807, 2.05) is 13.8 Å². The van der Waals surface area contributed by atoms with E-state index in [0.29, 0.717) is 0 Å². The van der Waals surface area contributed by atoms with Crippen LogP contribution in [-0.4, -0.2) is 22.8 Å². The summed E-state index contributed by atoms with van der Waals surface area (Å²) in [6.07, 6.45) is 1.77. The molecule has 0 amide bonds. The van der Waals surface area contributed by atoms with Crippen LogP contribution in [0.15, 0.2) is 0 Å². The number of hydrogen-bond donors (Lipinski definition) is 2.